The zero-order valence-electron chi connectivity index (χ0n) is 12.2. The number of allylic oxidation sites excluding steroid dienone is 1. The summed E-state index contributed by atoms with van der Waals surface area (Å²) in [6.45, 7) is 3.14. The highest BCUT2D eigenvalue weighted by atomic mass is 16.5. The van der Waals surface area contributed by atoms with Crippen molar-refractivity contribution < 1.29 is 19.4 Å². The predicted molar refractivity (Wildman–Crippen MR) is 75.9 cm³/mol. The zero-order valence-corrected chi connectivity index (χ0v) is 12.2. The van der Waals surface area contributed by atoms with E-state index in [9.17, 15) is 14.7 Å². The molecule has 1 saturated carbocycles. The summed E-state index contributed by atoms with van der Waals surface area (Å²) in [5, 5.41) is 9.54. The molecule has 1 N–H and O–H groups in total. The van der Waals surface area contributed by atoms with E-state index in [4.69, 9.17) is 4.74 Å². The van der Waals surface area contributed by atoms with Crippen LogP contribution in [0.3, 0.4) is 0 Å². The van der Waals surface area contributed by atoms with Crippen molar-refractivity contribution in [1.29, 1.82) is 0 Å². The van der Waals surface area contributed by atoms with Gasteiger partial charge in [0.05, 0.1) is 6.61 Å². The number of carbonyl (C=O) groups is 2. The second-order valence-electron chi connectivity index (χ2n) is 6.11. The summed E-state index contributed by atoms with van der Waals surface area (Å²) in [5.74, 6) is -0.729. The smallest absolute Gasteiger partial charge is 0.326 e. The Hall–Kier alpha value is -1.40. The first-order valence-electron chi connectivity index (χ1n) is 7.66. The van der Waals surface area contributed by atoms with Gasteiger partial charge in [-0.15, -0.1) is 0 Å². The molecule has 0 aromatic carbocycles. The molecular weight excluding hydrogens is 272 g/mol. The van der Waals surface area contributed by atoms with E-state index < -0.39 is 11.5 Å². The molecule has 0 aromatic heterocycles. The van der Waals surface area contributed by atoms with Crippen molar-refractivity contribution in [2.24, 2.45) is 0 Å². The minimum atomic E-state index is -0.887. The molecule has 0 aromatic rings. The molecule has 3 rings (SSSR count). The molecule has 0 bridgehead atoms. The Kier molecular flexibility index (Phi) is 3.99. The first-order valence-corrected chi connectivity index (χ1v) is 7.66. The summed E-state index contributed by atoms with van der Waals surface area (Å²) in [6.07, 6.45) is 5.58. The van der Waals surface area contributed by atoms with Crippen molar-refractivity contribution in [3.05, 3.63) is 11.6 Å². The Morgan fingerprint density at radius 3 is 2.38 bits per heavy atom. The second kappa shape index (κ2) is 5.77. The van der Waals surface area contributed by atoms with E-state index in [0.717, 1.165) is 12.8 Å². The van der Waals surface area contributed by atoms with Gasteiger partial charge in [-0.1, -0.05) is 5.57 Å². The van der Waals surface area contributed by atoms with Crippen LogP contribution in [-0.2, 0) is 14.3 Å². The molecule has 21 heavy (non-hydrogen) atoms. The molecule has 1 amide bonds. The first-order chi connectivity index (χ1) is 10.1. The SMILES string of the molecule is O=C(C=C1CCC1)N1CCN(C2(C(=O)O)CCOC2)CC1. The fourth-order valence-corrected chi connectivity index (χ4v) is 3.25. The number of amides is 1. The Balaban J connectivity index is 1.59. The number of hydrogen-bond acceptors (Lipinski definition) is 4. The molecule has 3 fully saturated rings. The zero-order chi connectivity index (χ0) is 14.9. The van der Waals surface area contributed by atoms with Crippen LogP contribution in [0.5, 0.6) is 0 Å². The standard InChI is InChI=1S/C15H22N2O4/c18-13(10-12-2-1-3-12)16-5-7-17(8-6-16)15(14(19)20)4-9-21-11-15/h10H,1-9,11H2,(H,19,20). The van der Waals surface area contributed by atoms with Crippen LogP contribution in [0.4, 0.5) is 0 Å². The molecule has 1 aliphatic carbocycles. The third kappa shape index (κ3) is 2.70. The Bertz CT molecular complexity index is 454. The molecular formula is C15H22N2O4. The van der Waals surface area contributed by atoms with Gasteiger partial charge in [0.25, 0.3) is 0 Å². The van der Waals surface area contributed by atoms with Gasteiger partial charge < -0.3 is 14.7 Å². The fourth-order valence-electron chi connectivity index (χ4n) is 3.25. The number of rotatable bonds is 3. The molecule has 1 unspecified atom stereocenters. The number of aliphatic carboxylic acids is 1. The van der Waals surface area contributed by atoms with Crippen LogP contribution < -0.4 is 0 Å². The average Bonchev–Trinajstić information content (AvgIpc) is 2.93. The largest absolute Gasteiger partial charge is 0.480 e. The summed E-state index contributed by atoms with van der Waals surface area (Å²) in [6, 6.07) is 0. The van der Waals surface area contributed by atoms with Gasteiger partial charge >= 0.3 is 5.97 Å². The number of carbonyl (C=O) groups excluding carboxylic acids is 1. The van der Waals surface area contributed by atoms with E-state index in [-0.39, 0.29) is 12.5 Å². The van der Waals surface area contributed by atoms with Crippen LogP contribution in [0, 0.1) is 0 Å². The summed E-state index contributed by atoms with van der Waals surface area (Å²) < 4.78 is 5.31. The lowest BCUT2D eigenvalue weighted by Gasteiger charge is -2.42. The molecule has 6 nitrogen and oxygen atoms in total. The van der Waals surface area contributed by atoms with Crippen LogP contribution in [0.1, 0.15) is 25.7 Å². The van der Waals surface area contributed by atoms with Crippen LogP contribution in [0.15, 0.2) is 11.6 Å². The van der Waals surface area contributed by atoms with Gasteiger partial charge in [-0.3, -0.25) is 14.5 Å². The molecule has 116 valence electrons. The Morgan fingerprint density at radius 1 is 1.19 bits per heavy atom. The second-order valence-corrected chi connectivity index (χ2v) is 6.11. The van der Waals surface area contributed by atoms with Crippen molar-refractivity contribution in [1.82, 2.24) is 9.80 Å². The Labute approximate surface area is 124 Å². The van der Waals surface area contributed by atoms with E-state index in [1.54, 1.807) is 6.08 Å². The van der Waals surface area contributed by atoms with E-state index in [0.29, 0.717) is 39.2 Å². The third-order valence-electron chi connectivity index (χ3n) is 4.92. The molecule has 2 saturated heterocycles. The first kappa shape index (κ1) is 14.5. The highest BCUT2D eigenvalue weighted by Crippen LogP contribution is 2.28. The number of piperazine rings is 1. The van der Waals surface area contributed by atoms with E-state index in [1.165, 1.54) is 12.0 Å². The van der Waals surface area contributed by atoms with Gasteiger partial charge in [0.1, 0.15) is 5.54 Å². The molecule has 6 heteroatoms. The molecule has 2 heterocycles. The van der Waals surface area contributed by atoms with Gasteiger partial charge in [0.15, 0.2) is 0 Å². The summed E-state index contributed by atoms with van der Waals surface area (Å²) in [7, 11) is 0. The van der Waals surface area contributed by atoms with Crippen LogP contribution >= 0.6 is 0 Å². The maximum Gasteiger partial charge on any atom is 0.326 e. The number of carboxylic acid groups (broad SMARTS) is 1. The predicted octanol–water partition coefficient (Wildman–Crippen LogP) is 0.485. The van der Waals surface area contributed by atoms with Gasteiger partial charge in [-0.05, 0) is 19.3 Å². The van der Waals surface area contributed by atoms with Gasteiger partial charge in [-0.2, -0.15) is 0 Å². The summed E-state index contributed by atoms with van der Waals surface area (Å²) in [4.78, 5) is 27.6. The van der Waals surface area contributed by atoms with Crippen molar-refractivity contribution in [3.63, 3.8) is 0 Å². The highest BCUT2D eigenvalue weighted by Gasteiger charge is 2.48. The van der Waals surface area contributed by atoms with E-state index >= 15 is 0 Å². The molecule has 0 radical (unpaired) electrons. The Morgan fingerprint density at radius 2 is 1.90 bits per heavy atom. The maximum atomic E-state index is 12.1. The van der Waals surface area contributed by atoms with Gasteiger partial charge in [0, 0.05) is 45.3 Å². The lowest BCUT2D eigenvalue weighted by Crippen LogP contribution is -2.61. The number of ether oxygens (including phenoxy) is 1. The monoisotopic (exact) mass is 294 g/mol. The minimum Gasteiger partial charge on any atom is -0.480 e. The summed E-state index contributed by atoms with van der Waals surface area (Å²) >= 11 is 0. The fraction of sp³-hybridized carbons (Fsp3) is 0.733. The van der Waals surface area contributed by atoms with Crippen LogP contribution in [0.25, 0.3) is 0 Å². The number of nitrogens with zero attached hydrogens (tertiary/aromatic N) is 2. The van der Waals surface area contributed by atoms with Crippen molar-refractivity contribution in [2.45, 2.75) is 31.2 Å². The maximum absolute atomic E-state index is 12.1. The lowest BCUT2D eigenvalue weighted by molar-refractivity contribution is -0.153. The van der Waals surface area contributed by atoms with Gasteiger partial charge in [-0.25, -0.2) is 0 Å². The van der Waals surface area contributed by atoms with Crippen LogP contribution in [-0.4, -0.2) is 71.7 Å². The minimum absolute atomic E-state index is 0.0800. The van der Waals surface area contributed by atoms with E-state index in [1.807, 2.05) is 9.80 Å². The summed E-state index contributed by atoms with van der Waals surface area (Å²) in [5.41, 5.74) is 0.357. The van der Waals surface area contributed by atoms with Crippen molar-refractivity contribution in [3.8, 4) is 0 Å². The van der Waals surface area contributed by atoms with Crippen LogP contribution in [0.2, 0.25) is 0 Å². The number of carboxylic acids is 1. The third-order valence-corrected chi connectivity index (χ3v) is 4.92. The molecule has 3 aliphatic rings. The molecule has 2 aliphatic heterocycles. The quantitative estimate of drug-likeness (QED) is 0.767. The normalized spacial score (nSPS) is 30.1. The lowest BCUT2D eigenvalue weighted by atomic mass is 9.92. The van der Waals surface area contributed by atoms with E-state index in [2.05, 4.69) is 0 Å². The number of hydrogen-bond donors (Lipinski definition) is 1. The highest BCUT2D eigenvalue weighted by molar-refractivity contribution is 5.88. The molecule has 1 atom stereocenters. The van der Waals surface area contributed by atoms with Crippen molar-refractivity contribution >= 4 is 11.9 Å². The van der Waals surface area contributed by atoms with Gasteiger partial charge in [0.2, 0.25) is 5.91 Å². The topological polar surface area (TPSA) is 70.1 Å². The van der Waals surface area contributed by atoms with Crippen molar-refractivity contribution in [2.75, 3.05) is 39.4 Å². The molecule has 0 spiro atoms. The average molecular weight is 294 g/mol.